The minimum atomic E-state index is -0.160. The van der Waals surface area contributed by atoms with Crippen LogP contribution in [0.25, 0.3) is 10.9 Å². The molecule has 5 nitrogen and oxygen atoms in total. The third-order valence-corrected chi connectivity index (χ3v) is 4.57. The predicted molar refractivity (Wildman–Crippen MR) is 95.1 cm³/mol. The molecule has 0 saturated carbocycles. The maximum absolute atomic E-state index is 13.0. The molecule has 1 aromatic carbocycles. The number of aromatic nitrogens is 1. The number of hydrogen-bond acceptors (Lipinski definition) is 3. The van der Waals surface area contributed by atoms with Gasteiger partial charge in [0.1, 0.15) is 0 Å². The van der Waals surface area contributed by atoms with E-state index in [0.717, 1.165) is 42.5 Å². The second-order valence-corrected chi connectivity index (χ2v) is 6.70. The molecule has 0 bridgehead atoms. The first-order chi connectivity index (χ1) is 11.4. The summed E-state index contributed by atoms with van der Waals surface area (Å²) in [6.07, 6.45) is 2.07. The van der Waals surface area contributed by atoms with Crippen LogP contribution in [0.1, 0.15) is 42.7 Å². The fourth-order valence-electron chi connectivity index (χ4n) is 3.17. The maximum Gasteiger partial charge on any atom is 0.254 e. The van der Waals surface area contributed by atoms with Gasteiger partial charge in [0.05, 0.1) is 11.1 Å². The summed E-state index contributed by atoms with van der Waals surface area (Å²) in [7, 11) is 0. The summed E-state index contributed by atoms with van der Waals surface area (Å²) in [6.45, 7) is 7.16. The van der Waals surface area contributed by atoms with E-state index in [1.165, 1.54) is 6.92 Å². The van der Waals surface area contributed by atoms with Gasteiger partial charge in [-0.15, -0.1) is 0 Å². The highest BCUT2D eigenvalue weighted by Crippen LogP contribution is 2.26. The fourth-order valence-corrected chi connectivity index (χ4v) is 3.17. The Bertz CT molecular complexity index is 793. The molecule has 2 amide bonds. The average molecular weight is 325 g/mol. The Labute approximate surface area is 142 Å². The highest BCUT2D eigenvalue weighted by molar-refractivity contribution is 6.08. The van der Waals surface area contributed by atoms with Gasteiger partial charge in [-0.2, -0.15) is 0 Å². The number of likely N-dealkylation sites (tertiary alicyclic amines) is 1. The lowest BCUT2D eigenvalue weighted by atomic mass is 9.97. The van der Waals surface area contributed by atoms with Crippen LogP contribution in [-0.4, -0.2) is 34.8 Å². The molecule has 1 aliphatic heterocycles. The second-order valence-electron chi connectivity index (χ2n) is 6.70. The van der Waals surface area contributed by atoms with Crippen molar-refractivity contribution < 1.29 is 9.59 Å². The second kappa shape index (κ2) is 6.59. The molecule has 0 unspecified atom stereocenters. The van der Waals surface area contributed by atoms with Crippen molar-refractivity contribution in [2.75, 3.05) is 18.4 Å². The van der Waals surface area contributed by atoms with E-state index in [0.29, 0.717) is 17.2 Å². The average Bonchev–Trinajstić information content (AvgIpc) is 2.53. The summed E-state index contributed by atoms with van der Waals surface area (Å²) in [5.74, 6) is 0.526. The van der Waals surface area contributed by atoms with Gasteiger partial charge in [-0.25, -0.2) is 0 Å². The quantitative estimate of drug-likeness (QED) is 0.921. The molecule has 0 radical (unpaired) electrons. The van der Waals surface area contributed by atoms with Crippen molar-refractivity contribution in [2.45, 2.75) is 33.6 Å². The summed E-state index contributed by atoms with van der Waals surface area (Å²) in [5, 5.41) is 3.60. The van der Waals surface area contributed by atoms with Crippen molar-refractivity contribution in [1.82, 2.24) is 9.88 Å². The van der Waals surface area contributed by atoms with Crippen LogP contribution in [0.3, 0.4) is 0 Å². The highest BCUT2D eigenvalue weighted by Gasteiger charge is 2.23. The molecule has 1 aromatic heterocycles. The van der Waals surface area contributed by atoms with Gasteiger partial charge in [0.25, 0.3) is 5.91 Å². The molecule has 2 aromatic rings. The van der Waals surface area contributed by atoms with Crippen molar-refractivity contribution in [3.05, 3.63) is 35.5 Å². The van der Waals surface area contributed by atoms with Crippen molar-refractivity contribution in [3.8, 4) is 0 Å². The topological polar surface area (TPSA) is 62.3 Å². The van der Waals surface area contributed by atoms with E-state index in [1.807, 2.05) is 30.0 Å². The molecule has 1 N–H and O–H groups in total. The molecule has 3 rings (SSSR count). The third kappa shape index (κ3) is 3.40. The zero-order chi connectivity index (χ0) is 17.3. The number of amides is 2. The van der Waals surface area contributed by atoms with Crippen molar-refractivity contribution >= 4 is 28.4 Å². The monoisotopic (exact) mass is 325 g/mol. The Balaban J connectivity index is 2.04. The SMILES string of the molecule is CC(=O)Nc1cc(C(=O)N2CCC(C)CC2)c2ccc(C)nc2c1. The van der Waals surface area contributed by atoms with Gasteiger partial charge in [-0.1, -0.05) is 13.0 Å². The van der Waals surface area contributed by atoms with Gasteiger partial charge in [0.15, 0.2) is 0 Å². The Kier molecular flexibility index (Phi) is 4.51. The number of benzene rings is 1. The fraction of sp³-hybridized carbons (Fsp3) is 0.421. The zero-order valence-corrected chi connectivity index (χ0v) is 14.4. The predicted octanol–water partition coefficient (Wildman–Crippen LogP) is 3.37. The van der Waals surface area contributed by atoms with E-state index in [1.54, 1.807) is 6.07 Å². The lowest BCUT2D eigenvalue weighted by Gasteiger charge is -2.30. The summed E-state index contributed by atoms with van der Waals surface area (Å²) in [6, 6.07) is 7.43. The first-order valence-corrected chi connectivity index (χ1v) is 8.42. The summed E-state index contributed by atoms with van der Waals surface area (Å²) >= 11 is 0. The van der Waals surface area contributed by atoms with Crippen LogP contribution in [0.4, 0.5) is 5.69 Å². The number of anilines is 1. The molecular weight excluding hydrogens is 302 g/mol. The van der Waals surface area contributed by atoms with E-state index in [-0.39, 0.29) is 11.8 Å². The number of fused-ring (bicyclic) bond motifs is 1. The molecule has 1 saturated heterocycles. The van der Waals surface area contributed by atoms with Gasteiger partial charge in [0.2, 0.25) is 5.91 Å². The standard InChI is InChI=1S/C19H23N3O2/c1-12-6-8-22(9-7-12)19(24)17-10-15(21-14(3)23)11-18-16(17)5-4-13(2)20-18/h4-5,10-12H,6-9H2,1-3H3,(H,21,23). The van der Waals surface area contributed by atoms with Crippen LogP contribution < -0.4 is 5.32 Å². The van der Waals surface area contributed by atoms with Gasteiger partial charge in [0, 0.05) is 36.8 Å². The number of hydrogen-bond donors (Lipinski definition) is 1. The van der Waals surface area contributed by atoms with E-state index < -0.39 is 0 Å². The molecule has 24 heavy (non-hydrogen) atoms. The van der Waals surface area contributed by atoms with Crippen LogP contribution in [0, 0.1) is 12.8 Å². The molecule has 1 fully saturated rings. The van der Waals surface area contributed by atoms with Crippen molar-refractivity contribution in [2.24, 2.45) is 5.92 Å². The minimum absolute atomic E-state index is 0.0183. The number of nitrogens with one attached hydrogen (secondary N) is 1. The number of rotatable bonds is 2. The van der Waals surface area contributed by atoms with Crippen LogP contribution in [-0.2, 0) is 4.79 Å². The normalized spacial score (nSPS) is 15.5. The maximum atomic E-state index is 13.0. The molecule has 5 heteroatoms. The summed E-state index contributed by atoms with van der Waals surface area (Å²) in [4.78, 5) is 30.9. The van der Waals surface area contributed by atoms with E-state index in [4.69, 9.17) is 0 Å². The van der Waals surface area contributed by atoms with Gasteiger partial charge < -0.3 is 10.2 Å². The van der Waals surface area contributed by atoms with Crippen LogP contribution in [0.15, 0.2) is 24.3 Å². The molecule has 0 atom stereocenters. The number of nitrogens with zero attached hydrogens (tertiary/aromatic N) is 2. The molecule has 0 spiro atoms. The number of carbonyl (C=O) groups excluding carboxylic acids is 2. The number of carbonyl (C=O) groups is 2. The molecule has 126 valence electrons. The van der Waals surface area contributed by atoms with Crippen LogP contribution in [0.5, 0.6) is 0 Å². The highest BCUT2D eigenvalue weighted by atomic mass is 16.2. The van der Waals surface area contributed by atoms with Gasteiger partial charge in [-0.05, 0) is 43.9 Å². The van der Waals surface area contributed by atoms with E-state index in [9.17, 15) is 9.59 Å². The third-order valence-electron chi connectivity index (χ3n) is 4.57. The lowest BCUT2D eigenvalue weighted by molar-refractivity contribution is -0.114. The lowest BCUT2D eigenvalue weighted by Crippen LogP contribution is -2.38. The summed E-state index contributed by atoms with van der Waals surface area (Å²) < 4.78 is 0. The van der Waals surface area contributed by atoms with Crippen molar-refractivity contribution in [1.29, 1.82) is 0 Å². The number of piperidine rings is 1. The molecular formula is C19H23N3O2. The molecule has 0 aliphatic carbocycles. The Morgan fingerprint density at radius 3 is 2.58 bits per heavy atom. The first kappa shape index (κ1) is 16.4. The number of pyridine rings is 1. The van der Waals surface area contributed by atoms with Gasteiger partial charge in [-0.3, -0.25) is 14.6 Å². The Morgan fingerprint density at radius 1 is 1.21 bits per heavy atom. The van der Waals surface area contributed by atoms with E-state index in [2.05, 4.69) is 17.2 Å². The summed E-state index contributed by atoms with van der Waals surface area (Å²) in [5.41, 5.74) is 2.84. The number of aryl methyl sites for hydroxylation is 1. The van der Waals surface area contributed by atoms with Crippen molar-refractivity contribution in [3.63, 3.8) is 0 Å². The minimum Gasteiger partial charge on any atom is -0.339 e. The van der Waals surface area contributed by atoms with Crippen LogP contribution in [0.2, 0.25) is 0 Å². The molecule has 2 heterocycles. The first-order valence-electron chi connectivity index (χ1n) is 8.42. The zero-order valence-electron chi connectivity index (χ0n) is 14.4. The largest absolute Gasteiger partial charge is 0.339 e. The Hall–Kier alpha value is -2.43. The van der Waals surface area contributed by atoms with E-state index >= 15 is 0 Å². The Morgan fingerprint density at radius 2 is 1.92 bits per heavy atom. The molecule has 1 aliphatic rings. The van der Waals surface area contributed by atoms with Gasteiger partial charge >= 0.3 is 0 Å². The van der Waals surface area contributed by atoms with Crippen LogP contribution >= 0.6 is 0 Å². The smallest absolute Gasteiger partial charge is 0.254 e.